The third-order valence-corrected chi connectivity index (χ3v) is 14.8. The molecular weight excluding hydrogens is 833 g/mol. The normalized spacial score (nSPS) is 13.0. The summed E-state index contributed by atoms with van der Waals surface area (Å²) in [7, 11) is 0. The average Bonchev–Trinajstić information content (AvgIpc) is 3.58. The van der Waals surface area contributed by atoms with Crippen LogP contribution in [0.5, 0.6) is 0 Å². The van der Waals surface area contributed by atoms with Crippen molar-refractivity contribution >= 4 is 34.1 Å². The van der Waals surface area contributed by atoms with Gasteiger partial charge in [0.1, 0.15) is 0 Å². The fraction of sp³-hybridized carbons (Fsp3) is 0.0149. The molecule has 0 aromatic heterocycles. The van der Waals surface area contributed by atoms with Gasteiger partial charge in [0.15, 0.2) is 0 Å². The first-order valence-corrected chi connectivity index (χ1v) is 23.9. The van der Waals surface area contributed by atoms with Gasteiger partial charge in [0.2, 0.25) is 0 Å². The summed E-state index contributed by atoms with van der Waals surface area (Å²) in [6.45, 7) is 0. The lowest BCUT2D eigenvalue weighted by molar-refractivity contribution is 0.775. The number of anilines is 6. The van der Waals surface area contributed by atoms with E-state index in [1.807, 2.05) is 0 Å². The molecule has 1 spiro atoms. The molecule has 2 aliphatic carbocycles. The second-order valence-corrected chi connectivity index (χ2v) is 18.3. The third-order valence-electron chi connectivity index (χ3n) is 14.8. The summed E-state index contributed by atoms with van der Waals surface area (Å²) in [6.07, 6.45) is 0. The molecule has 11 aromatic carbocycles. The molecule has 0 amide bonds. The van der Waals surface area contributed by atoms with Gasteiger partial charge in [-0.2, -0.15) is 0 Å². The van der Waals surface area contributed by atoms with Crippen molar-refractivity contribution < 1.29 is 0 Å². The quantitative estimate of drug-likeness (QED) is 0.170. The van der Waals surface area contributed by atoms with Crippen LogP contribution in [0.15, 0.2) is 267 Å². The zero-order chi connectivity index (χ0) is 45.5. The van der Waals surface area contributed by atoms with Crippen LogP contribution in [0.4, 0.5) is 34.1 Å². The Morgan fingerprint density at radius 1 is 0.261 bits per heavy atom. The van der Waals surface area contributed by atoms with Crippen LogP contribution >= 0.6 is 0 Å². The van der Waals surface area contributed by atoms with Crippen molar-refractivity contribution in [1.82, 2.24) is 0 Å². The maximum atomic E-state index is 2.52. The monoisotopic (exact) mass is 876 g/mol. The maximum absolute atomic E-state index is 2.52. The highest BCUT2D eigenvalue weighted by atomic mass is 15.2. The molecule has 0 unspecified atom stereocenters. The van der Waals surface area contributed by atoms with E-state index in [2.05, 4.69) is 277 Å². The Morgan fingerprint density at radius 3 is 1.29 bits per heavy atom. The molecule has 1 aliphatic heterocycles. The topological polar surface area (TPSA) is 6.48 Å². The van der Waals surface area contributed by atoms with Gasteiger partial charge < -0.3 is 9.80 Å². The van der Waals surface area contributed by atoms with Crippen molar-refractivity contribution in [2.75, 3.05) is 9.80 Å². The fourth-order valence-corrected chi connectivity index (χ4v) is 12.0. The Labute approximate surface area is 403 Å². The molecule has 3 aliphatic rings. The van der Waals surface area contributed by atoms with E-state index < -0.39 is 5.41 Å². The number of hydrogen-bond donors (Lipinski definition) is 0. The van der Waals surface area contributed by atoms with Gasteiger partial charge in [0.05, 0.1) is 22.5 Å². The molecule has 14 rings (SSSR count). The summed E-state index contributed by atoms with van der Waals surface area (Å²) in [5, 5.41) is 0. The number of para-hydroxylation sites is 3. The van der Waals surface area contributed by atoms with Gasteiger partial charge in [0.25, 0.3) is 0 Å². The van der Waals surface area contributed by atoms with Gasteiger partial charge in [-0.1, -0.05) is 212 Å². The van der Waals surface area contributed by atoms with Gasteiger partial charge in [-0.05, 0) is 127 Å². The summed E-state index contributed by atoms with van der Waals surface area (Å²) in [6, 6.07) is 99.1. The smallest absolute Gasteiger partial charge is 0.0726 e. The van der Waals surface area contributed by atoms with Crippen LogP contribution in [0, 0.1) is 0 Å². The number of nitrogens with zero attached hydrogens (tertiary/aromatic N) is 2. The first kappa shape index (κ1) is 39.2. The number of fused-ring (bicyclic) bond motifs is 17. The van der Waals surface area contributed by atoms with Crippen LogP contribution in [0.25, 0.3) is 66.8 Å². The van der Waals surface area contributed by atoms with Gasteiger partial charge in [0, 0.05) is 33.8 Å². The zero-order valence-electron chi connectivity index (χ0n) is 37.8. The molecule has 0 bridgehead atoms. The summed E-state index contributed by atoms with van der Waals surface area (Å²) in [4.78, 5) is 4.95. The van der Waals surface area contributed by atoms with Gasteiger partial charge in [-0.25, -0.2) is 0 Å². The van der Waals surface area contributed by atoms with Crippen LogP contribution in [0.2, 0.25) is 0 Å². The first-order valence-electron chi connectivity index (χ1n) is 23.9. The Bertz CT molecular complexity index is 3750. The summed E-state index contributed by atoms with van der Waals surface area (Å²) < 4.78 is 0. The van der Waals surface area contributed by atoms with Crippen molar-refractivity contribution in [3.8, 4) is 66.8 Å². The van der Waals surface area contributed by atoms with E-state index in [4.69, 9.17) is 0 Å². The van der Waals surface area contributed by atoms with E-state index in [1.54, 1.807) is 0 Å². The summed E-state index contributed by atoms with van der Waals surface area (Å²) in [5.41, 5.74) is 25.9. The Morgan fingerprint density at radius 2 is 0.667 bits per heavy atom. The molecule has 0 saturated heterocycles. The van der Waals surface area contributed by atoms with E-state index in [-0.39, 0.29) is 0 Å². The number of benzene rings is 11. The van der Waals surface area contributed by atoms with Crippen molar-refractivity contribution in [2.24, 2.45) is 0 Å². The van der Waals surface area contributed by atoms with Gasteiger partial charge >= 0.3 is 0 Å². The lowest BCUT2D eigenvalue weighted by atomic mass is 9.66. The first-order chi connectivity index (χ1) is 34.3. The minimum absolute atomic E-state index is 0.618. The van der Waals surface area contributed by atoms with Crippen LogP contribution in [-0.2, 0) is 5.41 Å². The van der Waals surface area contributed by atoms with E-state index in [1.165, 1.54) is 83.5 Å². The predicted octanol–water partition coefficient (Wildman–Crippen LogP) is 18.0. The fourth-order valence-electron chi connectivity index (χ4n) is 12.0. The third kappa shape index (κ3) is 5.79. The summed E-state index contributed by atoms with van der Waals surface area (Å²) >= 11 is 0. The minimum atomic E-state index is -0.618. The Balaban J connectivity index is 1.07. The van der Waals surface area contributed by atoms with E-state index >= 15 is 0 Å². The van der Waals surface area contributed by atoms with Crippen LogP contribution in [-0.4, -0.2) is 0 Å². The van der Waals surface area contributed by atoms with E-state index in [0.29, 0.717) is 0 Å². The molecule has 2 nitrogen and oxygen atoms in total. The second-order valence-electron chi connectivity index (χ2n) is 18.3. The lowest BCUT2D eigenvalue weighted by Gasteiger charge is -2.36. The molecule has 0 radical (unpaired) electrons. The largest absolute Gasteiger partial charge is 0.310 e. The molecule has 0 N–H and O–H groups in total. The second kappa shape index (κ2) is 15.6. The van der Waals surface area contributed by atoms with Gasteiger partial charge in [-0.15, -0.1) is 0 Å². The SMILES string of the molecule is c1ccc(-c2ccccc2N(c2ccc3c(c2)-c2ccccc2-c2ccccc2N3c2ccccc2)c2ccc3c(c2)C2(c4ccccc4-c4ccccc4-c4ccccc42)c2ccccc2-3)cc1. The summed E-state index contributed by atoms with van der Waals surface area (Å²) in [5.74, 6) is 0. The zero-order valence-corrected chi connectivity index (χ0v) is 37.8. The lowest BCUT2D eigenvalue weighted by Crippen LogP contribution is -2.29. The molecule has 69 heavy (non-hydrogen) atoms. The molecule has 0 saturated carbocycles. The molecule has 0 fully saturated rings. The number of rotatable bonds is 5. The van der Waals surface area contributed by atoms with Crippen molar-refractivity contribution in [3.63, 3.8) is 0 Å². The minimum Gasteiger partial charge on any atom is -0.310 e. The highest BCUT2D eigenvalue weighted by molar-refractivity contribution is 6.04. The predicted molar refractivity (Wildman–Crippen MR) is 287 cm³/mol. The molecule has 322 valence electrons. The van der Waals surface area contributed by atoms with Crippen molar-refractivity contribution in [3.05, 3.63) is 289 Å². The van der Waals surface area contributed by atoms with Crippen LogP contribution < -0.4 is 9.80 Å². The standard InChI is InChI=1S/C67H44N2/c1-3-21-45(22-4-1)49-25-14-19-37-64(49)68(47-40-42-66-59(43-47)53-29-10-9-28-52(53)58-33-15-20-38-65(58)69(66)46-23-5-2-6-24-46)48-39-41-57-56-32-13-18-36-62(56)67(63(57)44-48)60-34-16-11-30-54(60)50-26-7-8-27-51(50)55-31-12-17-35-61(55)67/h1-44H. The average molecular weight is 877 g/mol. The Kier molecular flexibility index (Phi) is 8.84. The van der Waals surface area contributed by atoms with E-state index in [0.717, 1.165) is 39.7 Å². The molecule has 0 atom stereocenters. The highest BCUT2D eigenvalue weighted by Crippen LogP contribution is 2.62. The molecule has 11 aromatic rings. The maximum Gasteiger partial charge on any atom is 0.0726 e. The Hall–Kier alpha value is -8.98. The van der Waals surface area contributed by atoms with Crippen molar-refractivity contribution in [2.45, 2.75) is 5.41 Å². The molecular formula is C67H44N2. The van der Waals surface area contributed by atoms with Crippen LogP contribution in [0.3, 0.4) is 0 Å². The molecule has 1 heterocycles. The number of hydrogen-bond acceptors (Lipinski definition) is 2. The highest BCUT2D eigenvalue weighted by Gasteiger charge is 2.50. The van der Waals surface area contributed by atoms with E-state index in [9.17, 15) is 0 Å². The molecule has 2 heteroatoms. The van der Waals surface area contributed by atoms with Gasteiger partial charge in [-0.3, -0.25) is 0 Å². The van der Waals surface area contributed by atoms with Crippen molar-refractivity contribution in [1.29, 1.82) is 0 Å². The van der Waals surface area contributed by atoms with Crippen LogP contribution in [0.1, 0.15) is 22.3 Å².